The summed E-state index contributed by atoms with van der Waals surface area (Å²) >= 11 is 0. The van der Waals surface area contributed by atoms with Crippen molar-refractivity contribution in [3.05, 3.63) is 0 Å². The Bertz CT molecular complexity index is 136. The summed E-state index contributed by atoms with van der Waals surface area (Å²) in [6.07, 6.45) is 1.44. The summed E-state index contributed by atoms with van der Waals surface area (Å²) in [5, 5.41) is 0. The first-order valence-electron chi connectivity index (χ1n) is 5.80. The van der Waals surface area contributed by atoms with Crippen molar-refractivity contribution in [1.82, 2.24) is 0 Å². The molecule has 2 heteroatoms. The van der Waals surface area contributed by atoms with Gasteiger partial charge in [0.05, 0.1) is 6.10 Å². The zero-order valence-electron chi connectivity index (χ0n) is 10.4. The van der Waals surface area contributed by atoms with E-state index in [1.165, 1.54) is 0 Å². The second kappa shape index (κ2) is 7.24. The number of nitrogens with two attached hydrogens (primary N) is 1. The van der Waals surface area contributed by atoms with Crippen LogP contribution in [-0.2, 0) is 4.74 Å². The SMILES string of the molecule is CC(C)COC(C)C(C)C(C)CCN. The van der Waals surface area contributed by atoms with E-state index < -0.39 is 0 Å². The van der Waals surface area contributed by atoms with E-state index in [1.807, 2.05) is 0 Å². The summed E-state index contributed by atoms with van der Waals surface area (Å²) in [5.74, 6) is 1.87. The largest absolute Gasteiger partial charge is 0.378 e. The van der Waals surface area contributed by atoms with Crippen LogP contribution in [0.4, 0.5) is 0 Å². The second-order valence-corrected chi connectivity index (χ2v) is 4.85. The number of rotatable bonds is 7. The van der Waals surface area contributed by atoms with Crippen molar-refractivity contribution >= 4 is 0 Å². The van der Waals surface area contributed by atoms with Crippen LogP contribution in [0, 0.1) is 17.8 Å². The number of hydrogen-bond acceptors (Lipinski definition) is 2. The normalized spacial score (nSPS) is 18.2. The van der Waals surface area contributed by atoms with Gasteiger partial charge in [0.15, 0.2) is 0 Å². The molecule has 0 saturated carbocycles. The molecule has 0 aliphatic carbocycles. The van der Waals surface area contributed by atoms with Crippen molar-refractivity contribution < 1.29 is 4.74 Å². The fourth-order valence-corrected chi connectivity index (χ4v) is 1.48. The average molecular weight is 201 g/mol. The van der Waals surface area contributed by atoms with E-state index in [0.29, 0.717) is 23.9 Å². The van der Waals surface area contributed by atoms with Gasteiger partial charge in [-0.1, -0.05) is 27.7 Å². The van der Waals surface area contributed by atoms with E-state index in [1.54, 1.807) is 0 Å². The highest BCUT2D eigenvalue weighted by Crippen LogP contribution is 2.20. The Morgan fingerprint density at radius 2 is 1.64 bits per heavy atom. The highest BCUT2D eigenvalue weighted by molar-refractivity contribution is 4.68. The molecular formula is C12H27NO. The molecule has 3 unspecified atom stereocenters. The Morgan fingerprint density at radius 3 is 2.07 bits per heavy atom. The second-order valence-electron chi connectivity index (χ2n) is 4.85. The molecule has 0 saturated heterocycles. The van der Waals surface area contributed by atoms with Crippen LogP contribution in [0.5, 0.6) is 0 Å². The van der Waals surface area contributed by atoms with Crippen molar-refractivity contribution in [2.45, 2.75) is 47.1 Å². The standard InChI is InChI=1S/C12H27NO/c1-9(2)8-14-12(5)11(4)10(3)6-7-13/h9-12H,6-8,13H2,1-5H3. The van der Waals surface area contributed by atoms with Crippen LogP contribution in [0.15, 0.2) is 0 Å². The fraction of sp³-hybridized carbons (Fsp3) is 1.00. The average Bonchev–Trinajstić information content (AvgIpc) is 2.13. The first-order chi connectivity index (χ1) is 6.49. The summed E-state index contributed by atoms with van der Waals surface area (Å²) in [6.45, 7) is 12.7. The molecular weight excluding hydrogens is 174 g/mol. The van der Waals surface area contributed by atoms with E-state index in [2.05, 4.69) is 34.6 Å². The lowest BCUT2D eigenvalue weighted by atomic mass is 9.89. The molecule has 0 aromatic carbocycles. The molecule has 14 heavy (non-hydrogen) atoms. The van der Waals surface area contributed by atoms with Crippen LogP contribution in [0.2, 0.25) is 0 Å². The minimum absolute atomic E-state index is 0.346. The van der Waals surface area contributed by atoms with Gasteiger partial charge in [-0.25, -0.2) is 0 Å². The van der Waals surface area contributed by atoms with Crippen LogP contribution in [0.1, 0.15) is 41.0 Å². The van der Waals surface area contributed by atoms with Gasteiger partial charge in [0.1, 0.15) is 0 Å². The van der Waals surface area contributed by atoms with Crippen molar-refractivity contribution in [2.75, 3.05) is 13.2 Å². The first-order valence-corrected chi connectivity index (χ1v) is 5.80. The predicted molar refractivity (Wildman–Crippen MR) is 62.3 cm³/mol. The van der Waals surface area contributed by atoms with Gasteiger partial charge in [-0.3, -0.25) is 0 Å². The van der Waals surface area contributed by atoms with Gasteiger partial charge in [-0.05, 0) is 37.6 Å². The van der Waals surface area contributed by atoms with E-state index in [9.17, 15) is 0 Å². The van der Waals surface area contributed by atoms with Gasteiger partial charge in [0.25, 0.3) is 0 Å². The zero-order valence-corrected chi connectivity index (χ0v) is 10.4. The smallest absolute Gasteiger partial charge is 0.0575 e. The lowest BCUT2D eigenvalue weighted by Gasteiger charge is -2.26. The van der Waals surface area contributed by atoms with Crippen LogP contribution >= 0.6 is 0 Å². The molecule has 2 nitrogen and oxygen atoms in total. The van der Waals surface area contributed by atoms with Crippen molar-refractivity contribution in [3.63, 3.8) is 0 Å². The van der Waals surface area contributed by atoms with Crippen LogP contribution in [-0.4, -0.2) is 19.3 Å². The molecule has 86 valence electrons. The Kier molecular flexibility index (Phi) is 7.20. The van der Waals surface area contributed by atoms with Crippen LogP contribution < -0.4 is 5.73 Å². The summed E-state index contributed by atoms with van der Waals surface area (Å²) < 4.78 is 5.79. The summed E-state index contributed by atoms with van der Waals surface area (Å²) in [6, 6.07) is 0. The van der Waals surface area contributed by atoms with Crippen molar-refractivity contribution in [2.24, 2.45) is 23.5 Å². The predicted octanol–water partition coefficient (Wildman–Crippen LogP) is 2.67. The zero-order chi connectivity index (χ0) is 11.1. The Balaban J connectivity index is 3.79. The Hall–Kier alpha value is -0.0800. The summed E-state index contributed by atoms with van der Waals surface area (Å²) in [7, 11) is 0. The number of ether oxygens (including phenoxy) is 1. The molecule has 0 spiro atoms. The third kappa shape index (κ3) is 5.61. The maximum atomic E-state index is 5.79. The Morgan fingerprint density at radius 1 is 1.07 bits per heavy atom. The van der Waals surface area contributed by atoms with Crippen molar-refractivity contribution in [3.8, 4) is 0 Å². The molecule has 0 aromatic heterocycles. The van der Waals surface area contributed by atoms with Gasteiger partial charge in [-0.2, -0.15) is 0 Å². The molecule has 0 rings (SSSR count). The van der Waals surface area contributed by atoms with Gasteiger partial charge in [-0.15, -0.1) is 0 Å². The third-order valence-electron chi connectivity index (χ3n) is 2.95. The molecule has 0 bridgehead atoms. The third-order valence-corrected chi connectivity index (χ3v) is 2.95. The van der Waals surface area contributed by atoms with E-state index >= 15 is 0 Å². The Labute approximate surface area is 89.2 Å². The molecule has 0 amide bonds. The van der Waals surface area contributed by atoms with E-state index in [0.717, 1.165) is 19.6 Å². The summed E-state index contributed by atoms with van der Waals surface area (Å²) in [4.78, 5) is 0. The highest BCUT2D eigenvalue weighted by Gasteiger charge is 2.19. The molecule has 0 heterocycles. The topological polar surface area (TPSA) is 35.2 Å². The lowest BCUT2D eigenvalue weighted by Crippen LogP contribution is -2.26. The van der Waals surface area contributed by atoms with Crippen LogP contribution in [0.25, 0.3) is 0 Å². The van der Waals surface area contributed by atoms with Gasteiger partial charge in [0, 0.05) is 6.61 Å². The number of hydrogen-bond donors (Lipinski definition) is 1. The molecule has 3 atom stereocenters. The molecule has 2 N–H and O–H groups in total. The molecule has 0 fully saturated rings. The quantitative estimate of drug-likeness (QED) is 0.687. The maximum absolute atomic E-state index is 5.79. The van der Waals surface area contributed by atoms with Gasteiger partial charge in [0.2, 0.25) is 0 Å². The van der Waals surface area contributed by atoms with Gasteiger partial charge >= 0.3 is 0 Å². The maximum Gasteiger partial charge on any atom is 0.0575 e. The molecule has 0 aliphatic rings. The first kappa shape index (κ1) is 13.9. The fourth-order valence-electron chi connectivity index (χ4n) is 1.48. The van der Waals surface area contributed by atoms with Gasteiger partial charge < -0.3 is 10.5 Å². The van der Waals surface area contributed by atoms with Crippen molar-refractivity contribution in [1.29, 1.82) is 0 Å². The molecule has 0 aliphatic heterocycles. The highest BCUT2D eigenvalue weighted by atomic mass is 16.5. The minimum Gasteiger partial charge on any atom is -0.378 e. The van der Waals surface area contributed by atoms with Crippen LogP contribution in [0.3, 0.4) is 0 Å². The molecule has 0 radical (unpaired) electrons. The minimum atomic E-state index is 0.346. The lowest BCUT2D eigenvalue weighted by molar-refractivity contribution is -0.000299. The van der Waals surface area contributed by atoms with E-state index in [4.69, 9.17) is 10.5 Å². The monoisotopic (exact) mass is 201 g/mol. The molecule has 0 aromatic rings. The van der Waals surface area contributed by atoms with E-state index in [-0.39, 0.29) is 0 Å². The summed E-state index contributed by atoms with van der Waals surface area (Å²) in [5.41, 5.74) is 5.55.